The third-order valence-corrected chi connectivity index (χ3v) is 3.61. The fourth-order valence-corrected chi connectivity index (χ4v) is 2.32. The van der Waals surface area contributed by atoms with Crippen LogP contribution in [0.5, 0.6) is 0 Å². The molecule has 2 atom stereocenters. The van der Waals surface area contributed by atoms with Crippen LogP contribution >= 0.6 is 0 Å². The van der Waals surface area contributed by atoms with E-state index in [1.165, 1.54) is 39.1 Å². The van der Waals surface area contributed by atoms with Gasteiger partial charge in [-0.1, -0.05) is 13.8 Å². The number of nitrogens with zero attached hydrogens (tertiary/aromatic N) is 2. The second kappa shape index (κ2) is 6.46. The molecule has 0 aromatic carbocycles. The highest BCUT2D eigenvalue weighted by Gasteiger charge is 2.23. The molecule has 3 heteroatoms. The van der Waals surface area contributed by atoms with E-state index in [9.17, 15) is 0 Å². The van der Waals surface area contributed by atoms with Gasteiger partial charge in [0.15, 0.2) is 0 Å². The summed E-state index contributed by atoms with van der Waals surface area (Å²) in [5.41, 5.74) is 6.09. The topological polar surface area (TPSA) is 32.5 Å². The molecule has 0 radical (unpaired) electrons. The summed E-state index contributed by atoms with van der Waals surface area (Å²) in [5.74, 6) is 0. The van der Waals surface area contributed by atoms with E-state index >= 15 is 0 Å². The molecule has 0 saturated carbocycles. The summed E-state index contributed by atoms with van der Waals surface area (Å²) in [6, 6.07) is 0.876. The van der Waals surface area contributed by atoms with E-state index in [4.69, 9.17) is 5.73 Å². The van der Waals surface area contributed by atoms with Crippen LogP contribution < -0.4 is 5.73 Å². The van der Waals surface area contributed by atoms with Crippen molar-refractivity contribution in [3.63, 3.8) is 0 Å². The smallest absolute Gasteiger partial charge is 0.0219 e. The molecule has 1 aliphatic heterocycles. The number of hydrogen-bond acceptors (Lipinski definition) is 3. The largest absolute Gasteiger partial charge is 0.326 e. The van der Waals surface area contributed by atoms with Gasteiger partial charge >= 0.3 is 0 Å². The molecule has 90 valence electrons. The van der Waals surface area contributed by atoms with Gasteiger partial charge in [0.1, 0.15) is 0 Å². The van der Waals surface area contributed by atoms with Crippen molar-refractivity contribution in [2.75, 3.05) is 32.7 Å². The Balaban J connectivity index is 2.30. The lowest BCUT2D eigenvalue weighted by Crippen LogP contribution is -2.54. The molecule has 1 saturated heterocycles. The van der Waals surface area contributed by atoms with E-state index in [-0.39, 0.29) is 0 Å². The van der Waals surface area contributed by atoms with Gasteiger partial charge in [-0.05, 0) is 26.3 Å². The van der Waals surface area contributed by atoms with Crippen LogP contribution in [0.2, 0.25) is 0 Å². The minimum absolute atomic E-state index is 0.336. The van der Waals surface area contributed by atoms with Crippen LogP contribution in [0.3, 0.4) is 0 Å². The van der Waals surface area contributed by atoms with E-state index in [0.29, 0.717) is 12.1 Å². The first-order valence-electron chi connectivity index (χ1n) is 6.41. The highest BCUT2D eigenvalue weighted by atomic mass is 15.3. The highest BCUT2D eigenvalue weighted by molar-refractivity contribution is 4.81. The molecule has 2 unspecified atom stereocenters. The first-order valence-corrected chi connectivity index (χ1v) is 6.41. The van der Waals surface area contributed by atoms with E-state index < -0.39 is 0 Å². The maximum atomic E-state index is 6.09. The van der Waals surface area contributed by atoms with Gasteiger partial charge in [0.05, 0.1) is 0 Å². The predicted molar refractivity (Wildman–Crippen MR) is 66.0 cm³/mol. The van der Waals surface area contributed by atoms with Gasteiger partial charge in [-0.25, -0.2) is 0 Å². The number of nitrogens with two attached hydrogens (primary N) is 1. The van der Waals surface area contributed by atoms with Crippen LogP contribution in [0.1, 0.15) is 33.6 Å². The first-order chi connectivity index (χ1) is 7.19. The van der Waals surface area contributed by atoms with Gasteiger partial charge in [0.2, 0.25) is 0 Å². The lowest BCUT2D eigenvalue weighted by Gasteiger charge is -2.39. The maximum Gasteiger partial charge on any atom is 0.0219 e. The first kappa shape index (κ1) is 12.9. The molecule has 0 spiro atoms. The minimum Gasteiger partial charge on any atom is -0.326 e. The SMILES string of the molecule is CCCN1CCN(C(C)C(N)CC)CC1. The van der Waals surface area contributed by atoms with Crippen LogP contribution in [-0.4, -0.2) is 54.6 Å². The molecule has 0 aromatic rings. The average Bonchev–Trinajstić information content (AvgIpc) is 2.28. The summed E-state index contributed by atoms with van der Waals surface area (Å²) in [6.07, 6.45) is 2.35. The average molecular weight is 213 g/mol. The standard InChI is InChI=1S/C12H27N3/c1-4-6-14-7-9-15(10-8-14)11(3)12(13)5-2/h11-12H,4-10,13H2,1-3H3. The van der Waals surface area contributed by atoms with Crippen molar-refractivity contribution in [2.24, 2.45) is 5.73 Å². The monoisotopic (exact) mass is 213 g/mol. The highest BCUT2D eigenvalue weighted by Crippen LogP contribution is 2.10. The zero-order valence-corrected chi connectivity index (χ0v) is 10.6. The Kier molecular flexibility index (Phi) is 5.58. The van der Waals surface area contributed by atoms with Gasteiger partial charge in [0, 0.05) is 38.3 Å². The number of piperazine rings is 1. The molecule has 2 N–H and O–H groups in total. The van der Waals surface area contributed by atoms with Crippen molar-refractivity contribution < 1.29 is 0 Å². The second-order valence-electron chi connectivity index (χ2n) is 4.69. The summed E-state index contributed by atoms with van der Waals surface area (Å²) in [4.78, 5) is 5.10. The lowest BCUT2D eigenvalue weighted by molar-refractivity contribution is 0.0913. The zero-order chi connectivity index (χ0) is 11.3. The number of rotatable bonds is 5. The zero-order valence-electron chi connectivity index (χ0n) is 10.6. The Hall–Kier alpha value is -0.120. The van der Waals surface area contributed by atoms with Crippen LogP contribution in [0, 0.1) is 0 Å². The quantitative estimate of drug-likeness (QED) is 0.743. The van der Waals surface area contributed by atoms with Crippen molar-refractivity contribution in [3.8, 4) is 0 Å². The van der Waals surface area contributed by atoms with Crippen LogP contribution in [-0.2, 0) is 0 Å². The maximum absolute atomic E-state index is 6.09. The van der Waals surface area contributed by atoms with Crippen molar-refractivity contribution in [2.45, 2.75) is 45.7 Å². The van der Waals surface area contributed by atoms with E-state index in [0.717, 1.165) is 6.42 Å². The molecule has 1 fully saturated rings. The fourth-order valence-electron chi connectivity index (χ4n) is 2.32. The van der Waals surface area contributed by atoms with E-state index in [2.05, 4.69) is 30.6 Å². The lowest BCUT2D eigenvalue weighted by atomic mass is 10.1. The Morgan fingerprint density at radius 3 is 2.20 bits per heavy atom. The van der Waals surface area contributed by atoms with Gasteiger partial charge in [-0.3, -0.25) is 4.90 Å². The van der Waals surface area contributed by atoms with Crippen LogP contribution in [0.25, 0.3) is 0 Å². The third kappa shape index (κ3) is 3.74. The van der Waals surface area contributed by atoms with E-state index in [1.807, 2.05) is 0 Å². The van der Waals surface area contributed by atoms with Crippen LogP contribution in [0.15, 0.2) is 0 Å². The molecular weight excluding hydrogens is 186 g/mol. The molecule has 0 aromatic heterocycles. The third-order valence-electron chi connectivity index (χ3n) is 3.61. The van der Waals surface area contributed by atoms with Gasteiger partial charge in [-0.15, -0.1) is 0 Å². The van der Waals surface area contributed by atoms with Gasteiger partial charge in [0.25, 0.3) is 0 Å². The molecule has 0 aliphatic carbocycles. The molecule has 3 nitrogen and oxygen atoms in total. The molecule has 0 amide bonds. The Labute approximate surface area is 94.6 Å². The normalized spacial score (nSPS) is 24.0. The molecule has 1 heterocycles. The summed E-state index contributed by atoms with van der Waals surface area (Å²) < 4.78 is 0. The fraction of sp³-hybridized carbons (Fsp3) is 1.00. The Morgan fingerprint density at radius 1 is 1.13 bits per heavy atom. The summed E-state index contributed by atoms with van der Waals surface area (Å²) in [7, 11) is 0. The summed E-state index contributed by atoms with van der Waals surface area (Å²) in [5, 5.41) is 0. The Morgan fingerprint density at radius 2 is 1.73 bits per heavy atom. The van der Waals surface area contributed by atoms with Crippen molar-refractivity contribution in [3.05, 3.63) is 0 Å². The van der Waals surface area contributed by atoms with Crippen molar-refractivity contribution >= 4 is 0 Å². The molecule has 15 heavy (non-hydrogen) atoms. The van der Waals surface area contributed by atoms with Crippen LogP contribution in [0.4, 0.5) is 0 Å². The summed E-state index contributed by atoms with van der Waals surface area (Å²) >= 11 is 0. The van der Waals surface area contributed by atoms with Gasteiger partial charge < -0.3 is 10.6 Å². The van der Waals surface area contributed by atoms with Gasteiger partial charge in [-0.2, -0.15) is 0 Å². The second-order valence-corrected chi connectivity index (χ2v) is 4.69. The molecule has 0 bridgehead atoms. The summed E-state index contributed by atoms with van der Waals surface area (Å²) in [6.45, 7) is 12.8. The molecule has 1 aliphatic rings. The predicted octanol–water partition coefficient (Wildman–Crippen LogP) is 1.14. The van der Waals surface area contributed by atoms with E-state index in [1.54, 1.807) is 0 Å². The Bertz CT molecular complexity index is 164. The molecular formula is C12H27N3. The molecule has 1 rings (SSSR count). The van der Waals surface area contributed by atoms with Crippen molar-refractivity contribution in [1.82, 2.24) is 9.80 Å². The van der Waals surface area contributed by atoms with Crippen molar-refractivity contribution in [1.29, 1.82) is 0 Å². The minimum atomic E-state index is 0.336. The number of hydrogen-bond donors (Lipinski definition) is 1.